The first-order chi connectivity index (χ1) is 23.2. The number of rotatable bonds is 3. The number of aromatic nitrogens is 4. The molecule has 0 spiro atoms. The molecular weight excluding hydrogens is 593 g/mol. The lowest BCUT2D eigenvalue weighted by molar-refractivity contribution is 0.882. The Bertz CT molecular complexity index is 2310. The topological polar surface area (TPSA) is 43.6 Å². The van der Waals surface area contributed by atoms with Crippen molar-refractivity contribution in [2.75, 3.05) is 0 Å². The molecule has 9 rings (SSSR count). The van der Waals surface area contributed by atoms with Crippen LogP contribution >= 0.6 is 11.8 Å². The van der Waals surface area contributed by atoms with Crippen LogP contribution in [0, 0.1) is 0 Å². The summed E-state index contributed by atoms with van der Waals surface area (Å²) >= 11 is 1.84. The van der Waals surface area contributed by atoms with Crippen molar-refractivity contribution in [2.24, 2.45) is 0 Å². The van der Waals surface area contributed by atoms with Gasteiger partial charge < -0.3 is 0 Å². The number of fused-ring (bicyclic) bond motifs is 8. The Morgan fingerprint density at radius 3 is 2.02 bits per heavy atom. The van der Waals surface area contributed by atoms with E-state index in [0.717, 1.165) is 28.8 Å². The lowest BCUT2D eigenvalue weighted by Gasteiger charge is -2.24. The Labute approximate surface area is 278 Å². The van der Waals surface area contributed by atoms with Crippen molar-refractivity contribution in [2.45, 2.75) is 29.1 Å². The summed E-state index contributed by atoms with van der Waals surface area (Å²) in [5.74, 6) is 2.03. The van der Waals surface area contributed by atoms with Gasteiger partial charge in [0.25, 0.3) is 0 Å². The van der Waals surface area contributed by atoms with E-state index >= 15 is 0 Å². The van der Waals surface area contributed by atoms with Gasteiger partial charge in [-0.25, -0.2) is 4.98 Å². The fraction of sp³-hybridized carbons (Fsp3) is 0.0714. The van der Waals surface area contributed by atoms with E-state index in [1.165, 1.54) is 43.0 Å². The van der Waals surface area contributed by atoms with E-state index in [4.69, 9.17) is 15.0 Å². The largest absolute Gasteiger partial charge is 0.277 e. The van der Waals surface area contributed by atoms with Crippen LogP contribution in [0.3, 0.4) is 0 Å². The highest BCUT2D eigenvalue weighted by atomic mass is 32.2. The van der Waals surface area contributed by atoms with E-state index in [2.05, 4.69) is 121 Å². The summed E-state index contributed by atoms with van der Waals surface area (Å²) < 4.78 is 2.33. The lowest BCUT2D eigenvalue weighted by Crippen LogP contribution is -2.10. The summed E-state index contributed by atoms with van der Waals surface area (Å²) in [6, 6.07) is 42.6. The maximum atomic E-state index is 5.29. The van der Waals surface area contributed by atoms with Crippen LogP contribution in [-0.4, -0.2) is 19.5 Å². The van der Waals surface area contributed by atoms with Crippen LogP contribution in [0.25, 0.3) is 63.0 Å². The van der Waals surface area contributed by atoms with Crippen molar-refractivity contribution in [3.63, 3.8) is 0 Å². The Morgan fingerprint density at radius 1 is 0.638 bits per heavy atom. The van der Waals surface area contributed by atoms with E-state index in [1.54, 1.807) is 0 Å². The van der Waals surface area contributed by atoms with Crippen molar-refractivity contribution in [3.05, 3.63) is 156 Å². The van der Waals surface area contributed by atoms with Crippen LogP contribution in [0.5, 0.6) is 0 Å². The summed E-state index contributed by atoms with van der Waals surface area (Å²) in [5, 5.41) is 1.21. The molecule has 1 aliphatic heterocycles. The molecule has 0 unspecified atom stereocenters. The number of allylic oxidation sites excluding steroid dienone is 2. The first kappa shape index (κ1) is 27.8. The fourth-order valence-corrected chi connectivity index (χ4v) is 8.15. The van der Waals surface area contributed by atoms with Crippen molar-refractivity contribution >= 4 is 34.8 Å². The molecule has 0 fully saturated rings. The molecule has 47 heavy (non-hydrogen) atoms. The second-order valence-electron chi connectivity index (χ2n) is 12.0. The molecule has 0 saturated heterocycles. The quantitative estimate of drug-likeness (QED) is 0.197. The van der Waals surface area contributed by atoms with Gasteiger partial charge in [0.05, 0.1) is 11.2 Å². The van der Waals surface area contributed by atoms with Gasteiger partial charge >= 0.3 is 0 Å². The molecule has 0 radical (unpaired) electrons. The minimum atomic E-state index is 0.123. The molecule has 1 atom stereocenters. The second-order valence-corrected chi connectivity index (χ2v) is 13.1. The molecular formula is C42H30N4S. The van der Waals surface area contributed by atoms with Crippen LogP contribution in [0.4, 0.5) is 0 Å². The van der Waals surface area contributed by atoms with Gasteiger partial charge in [0.1, 0.15) is 0 Å². The van der Waals surface area contributed by atoms with Gasteiger partial charge in [0, 0.05) is 43.3 Å². The molecule has 2 aromatic heterocycles. The third-order valence-electron chi connectivity index (χ3n) is 9.17. The molecule has 0 bridgehead atoms. The van der Waals surface area contributed by atoms with Gasteiger partial charge in [0.2, 0.25) is 5.95 Å². The molecule has 0 amide bonds. The molecule has 7 aromatic rings. The highest BCUT2D eigenvalue weighted by molar-refractivity contribution is 7.99. The highest BCUT2D eigenvalue weighted by Gasteiger charge is 2.32. The lowest BCUT2D eigenvalue weighted by atomic mass is 9.88. The zero-order valence-electron chi connectivity index (χ0n) is 25.8. The summed E-state index contributed by atoms with van der Waals surface area (Å²) in [6.45, 7) is 2.34. The van der Waals surface area contributed by atoms with Gasteiger partial charge in [-0.05, 0) is 35.2 Å². The minimum Gasteiger partial charge on any atom is -0.277 e. The smallest absolute Gasteiger partial charge is 0.238 e. The maximum Gasteiger partial charge on any atom is 0.238 e. The van der Waals surface area contributed by atoms with Crippen LogP contribution < -0.4 is 0 Å². The van der Waals surface area contributed by atoms with E-state index < -0.39 is 0 Å². The average molecular weight is 623 g/mol. The Kier molecular flexibility index (Phi) is 6.72. The van der Waals surface area contributed by atoms with Crippen molar-refractivity contribution in [1.82, 2.24) is 19.5 Å². The third kappa shape index (κ3) is 4.65. The molecule has 5 aromatic carbocycles. The summed E-state index contributed by atoms with van der Waals surface area (Å²) in [6.07, 6.45) is 9.88. The van der Waals surface area contributed by atoms with E-state index in [0.29, 0.717) is 17.6 Å². The number of hydrogen-bond acceptors (Lipinski definition) is 4. The van der Waals surface area contributed by atoms with Crippen molar-refractivity contribution < 1.29 is 0 Å². The summed E-state index contributed by atoms with van der Waals surface area (Å²) in [5.41, 5.74) is 10.3. The monoisotopic (exact) mass is 622 g/mol. The molecule has 5 heteroatoms. The number of nitrogens with zero attached hydrogens (tertiary/aromatic N) is 4. The highest BCUT2D eigenvalue weighted by Crippen LogP contribution is 2.51. The minimum absolute atomic E-state index is 0.123. The zero-order valence-corrected chi connectivity index (χ0v) is 26.7. The predicted molar refractivity (Wildman–Crippen MR) is 194 cm³/mol. The SMILES string of the molecule is C[C@H]1c2ccccc2Sc2ccccc2-c2c1c1ccc3c(c1n2-c1nc(-c2ccccc2)nc(-c2ccccc2)n1)C=CCC=C3. The van der Waals surface area contributed by atoms with Crippen LogP contribution in [-0.2, 0) is 0 Å². The first-order valence-electron chi connectivity index (χ1n) is 16.0. The molecule has 2 aliphatic rings. The predicted octanol–water partition coefficient (Wildman–Crippen LogP) is 10.9. The van der Waals surface area contributed by atoms with Gasteiger partial charge in [0.15, 0.2) is 11.6 Å². The Morgan fingerprint density at radius 2 is 1.28 bits per heavy atom. The third-order valence-corrected chi connectivity index (χ3v) is 10.3. The number of hydrogen-bond donors (Lipinski definition) is 0. The second kappa shape index (κ2) is 11.4. The molecule has 224 valence electrons. The Hall–Kier alpha value is -5.52. The average Bonchev–Trinajstić information content (AvgIpc) is 3.28. The van der Waals surface area contributed by atoms with Crippen molar-refractivity contribution in [1.29, 1.82) is 0 Å². The molecule has 0 saturated carbocycles. The van der Waals surface area contributed by atoms with Crippen LogP contribution in [0.1, 0.15) is 41.5 Å². The van der Waals surface area contributed by atoms with Crippen LogP contribution in [0.2, 0.25) is 0 Å². The van der Waals surface area contributed by atoms with Gasteiger partial charge in [-0.3, -0.25) is 4.57 Å². The summed E-state index contributed by atoms with van der Waals surface area (Å²) in [4.78, 5) is 18.1. The standard InChI is InChI=1S/C42H30N4S/c1-27-31-20-11-13-23-35(31)47-36-24-14-12-22-33(36)39-37(27)34-26-25-28-15-5-4-10-21-32(28)38(34)46(39)42-44-40(29-16-6-2-7-17-29)43-41(45-42)30-18-8-3-9-19-30/h2-3,5-27H,4H2,1H3/t27-/m0/s1. The van der Waals surface area contributed by atoms with E-state index in [1.807, 2.05) is 48.2 Å². The molecule has 1 aliphatic carbocycles. The zero-order chi connectivity index (χ0) is 31.3. The van der Waals surface area contributed by atoms with Crippen molar-refractivity contribution in [3.8, 4) is 40.0 Å². The maximum absolute atomic E-state index is 5.29. The molecule has 4 nitrogen and oxygen atoms in total. The van der Waals surface area contributed by atoms with Gasteiger partial charge in [-0.2, -0.15) is 9.97 Å². The molecule has 0 N–H and O–H groups in total. The fourth-order valence-electron chi connectivity index (χ4n) is 6.98. The molecule has 3 heterocycles. The van der Waals surface area contributed by atoms with Gasteiger partial charge in [-0.1, -0.05) is 152 Å². The van der Waals surface area contributed by atoms with Crippen LogP contribution in [0.15, 0.2) is 143 Å². The normalized spacial score (nSPS) is 14.8. The van der Waals surface area contributed by atoms with Gasteiger partial charge in [-0.15, -0.1) is 0 Å². The summed E-state index contributed by atoms with van der Waals surface area (Å²) in [7, 11) is 0. The first-order valence-corrected chi connectivity index (χ1v) is 16.8. The van der Waals surface area contributed by atoms with E-state index in [9.17, 15) is 0 Å². The van der Waals surface area contributed by atoms with E-state index in [-0.39, 0.29) is 5.92 Å². The Balaban J connectivity index is 1.47. The number of benzene rings is 5.